The Kier molecular flexibility index (Phi) is 5.48. The van der Waals surface area contributed by atoms with Gasteiger partial charge in [0.1, 0.15) is 5.82 Å². The molecule has 0 saturated carbocycles. The van der Waals surface area contributed by atoms with E-state index in [1.54, 1.807) is 0 Å². The summed E-state index contributed by atoms with van der Waals surface area (Å²) in [6.07, 6.45) is 4.72. The quantitative estimate of drug-likeness (QED) is 0.724. The van der Waals surface area contributed by atoms with Crippen molar-refractivity contribution in [2.24, 2.45) is 0 Å². The zero-order valence-corrected chi connectivity index (χ0v) is 16.4. The Labute approximate surface area is 166 Å². The Morgan fingerprint density at radius 3 is 2.57 bits per heavy atom. The molecule has 0 amide bonds. The first-order valence-electron chi connectivity index (χ1n) is 9.79. The Balaban J connectivity index is 1.52. The molecule has 6 heteroatoms. The molecule has 3 aromatic rings. The van der Waals surface area contributed by atoms with Crippen molar-refractivity contribution >= 4 is 17.5 Å². The lowest BCUT2D eigenvalue weighted by molar-refractivity contribution is 0.582. The first-order chi connectivity index (χ1) is 13.7. The largest absolute Gasteiger partial charge is 0.340 e. The lowest BCUT2D eigenvalue weighted by atomic mass is 10.1. The zero-order valence-electron chi connectivity index (χ0n) is 16.4. The van der Waals surface area contributed by atoms with E-state index in [4.69, 9.17) is 4.98 Å². The molecule has 6 nitrogen and oxygen atoms in total. The minimum Gasteiger partial charge on any atom is -0.340 e. The highest BCUT2D eigenvalue weighted by molar-refractivity contribution is 5.67. The van der Waals surface area contributed by atoms with Crippen LogP contribution < -0.4 is 15.5 Å². The summed E-state index contributed by atoms with van der Waals surface area (Å²) in [4.78, 5) is 15.8. The van der Waals surface area contributed by atoms with Gasteiger partial charge < -0.3 is 15.5 Å². The molecule has 2 N–H and O–H groups in total. The fourth-order valence-electron chi connectivity index (χ4n) is 3.48. The number of rotatable bonds is 4. The Morgan fingerprint density at radius 2 is 1.79 bits per heavy atom. The van der Waals surface area contributed by atoms with E-state index in [0.717, 1.165) is 54.8 Å². The molecular formula is C22H26N6. The van der Waals surface area contributed by atoms with Crippen LogP contribution in [0.4, 0.5) is 17.5 Å². The first-order valence-corrected chi connectivity index (χ1v) is 9.79. The third-order valence-electron chi connectivity index (χ3n) is 4.89. The van der Waals surface area contributed by atoms with Crippen LogP contribution in [0.1, 0.15) is 19.0 Å². The van der Waals surface area contributed by atoms with Gasteiger partial charge in [0, 0.05) is 49.0 Å². The summed E-state index contributed by atoms with van der Waals surface area (Å²) in [7, 11) is 0. The van der Waals surface area contributed by atoms with Crippen LogP contribution in [0.3, 0.4) is 0 Å². The molecule has 2 aromatic heterocycles. The summed E-state index contributed by atoms with van der Waals surface area (Å²) in [5, 5.41) is 6.94. The minimum absolute atomic E-state index is 0.434. The topological polar surface area (TPSA) is 66.0 Å². The van der Waals surface area contributed by atoms with Crippen LogP contribution in [0.2, 0.25) is 0 Å². The standard InChI is InChI=1S/C22H26N6/c1-16-14-21(27-22(25-16)28-13-3-10-24-17(2)15-28)26-20-6-4-18(5-7-20)19-8-11-23-12-9-19/h4-9,11-12,14,17,24H,3,10,13,15H2,1-2H3,(H,25,26,27). The number of hydrogen-bond donors (Lipinski definition) is 2. The smallest absolute Gasteiger partial charge is 0.227 e. The van der Waals surface area contributed by atoms with Gasteiger partial charge in [-0.15, -0.1) is 0 Å². The maximum atomic E-state index is 4.78. The van der Waals surface area contributed by atoms with Gasteiger partial charge in [0.15, 0.2) is 0 Å². The van der Waals surface area contributed by atoms with Crippen molar-refractivity contribution in [3.8, 4) is 11.1 Å². The third kappa shape index (κ3) is 4.46. The number of nitrogens with zero attached hydrogens (tertiary/aromatic N) is 4. The first kappa shape index (κ1) is 18.4. The highest BCUT2D eigenvalue weighted by atomic mass is 15.3. The monoisotopic (exact) mass is 374 g/mol. The maximum Gasteiger partial charge on any atom is 0.227 e. The summed E-state index contributed by atoms with van der Waals surface area (Å²) in [5.74, 6) is 1.62. The van der Waals surface area contributed by atoms with Gasteiger partial charge in [-0.05, 0) is 62.2 Å². The molecule has 1 saturated heterocycles. The number of aryl methyl sites for hydroxylation is 1. The number of aromatic nitrogens is 3. The van der Waals surface area contributed by atoms with Crippen LogP contribution in [0.5, 0.6) is 0 Å². The highest BCUT2D eigenvalue weighted by Gasteiger charge is 2.17. The molecule has 1 unspecified atom stereocenters. The van der Waals surface area contributed by atoms with Crippen molar-refractivity contribution in [1.29, 1.82) is 0 Å². The lowest BCUT2D eigenvalue weighted by Crippen LogP contribution is -2.36. The molecule has 1 aliphatic heterocycles. The van der Waals surface area contributed by atoms with E-state index in [9.17, 15) is 0 Å². The average Bonchev–Trinajstić information content (AvgIpc) is 2.93. The molecule has 4 rings (SSSR count). The molecule has 0 radical (unpaired) electrons. The van der Waals surface area contributed by atoms with Crippen molar-refractivity contribution in [3.63, 3.8) is 0 Å². The summed E-state index contributed by atoms with van der Waals surface area (Å²) in [5.41, 5.74) is 4.29. The van der Waals surface area contributed by atoms with Gasteiger partial charge >= 0.3 is 0 Å². The van der Waals surface area contributed by atoms with Gasteiger partial charge in [0.05, 0.1) is 0 Å². The molecule has 28 heavy (non-hydrogen) atoms. The second-order valence-corrected chi connectivity index (χ2v) is 7.29. The molecule has 1 atom stereocenters. The summed E-state index contributed by atoms with van der Waals surface area (Å²) in [6, 6.07) is 14.8. The normalized spacial score (nSPS) is 17.2. The molecule has 144 valence electrons. The Hall–Kier alpha value is -2.99. The van der Waals surface area contributed by atoms with Crippen molar-refractivity contribution in [3.05, 3.63) is 60.6 Å². The van der Waals surface area contributed by atoms with Gasteiger partial charge in [-0.2, -0.15) is 4.98 Å². The summed E-state index contributed by atoms with van der Waals surface area (Å²) >= 11 is 0. The predicted molar refractivity (Wildman–Crippen MR) is 114 cm³/mol. The van der Waals surface area contributed by atoms with Crippen LogP contribution in [0, 0.1) is 6.92 Å². The Bertz CT molecular complexity index is 910. The molecule has 1 fully saturated rings. The van der Waals surface area contributed by atoms with E-state index in [-0.39, 0.29) is 0 Å². The lowest BCUT2D eigenvalue weighted by Gasteiger charge is -2.23. The van der Waals surface area contributed by atoms with Crippen LogP contribution in [-0.4, -0.2) is 40.6 Å². The molecule has 0 aliphatic carbocycles. The second-order valence-electron chi connectivity index (χ2n) is 7.29. The number of benzene rings is 1. The van der Waals surface area contributed by atoms with E-state index in [1.807, 2.05) is 37.5 Å². The van der Waals surface area contributed by atoms with Gasteiger partial charge in [0.2, 0.25) is 5.95 Å². The summed E-state index contributed by atoms with van der Waals surface area (Å²) in [6.45, 7) is 7.16. The number of pyridine rings is 1. The average molecular weight is 374 g/mol. The molecule has 0 bridgehead atoms. The minimum atomic E-state index is 0.434. The predicted octanol–water partition coefficient (Wildman–Crippen LogP) is 3.78. The molecular weight excluding hydrogens is 348 g/mol. The van der Waals surface area contributed by atoms with Crippen molar-refractivity contribution in [2.45, 2.75) is 26.3 Å². The van der Waals surface area contributed by atoms with E-state index in [1.165, 1.54) is 5.56 Å². The van der Waals surface area contributed by atoms with Crippen LogP contribution in [-0.2, 0) is 0 Å². The van der Waals surface area contributed by atoms with Crippen molar-refractivity contribution in [2.75, 3.05) is 29.9 Å². The van der Waals surface area contributed by atoms with Crippen LogP contribution in [0.25, 0.3) is 11.1 Å². The number of anilines is 3. The van der Waals surface area contributed by atoms with E-state index in [0.29, 0.717) is 6.04 Å². The Morgan fingerprint density at radius 1 is 1.04 bits per heavy atom. The van der Waals surface area contributed by atoms with E-state index in [2.05, 4.69) is 56.7 Å². The summed E-state index contributed by atoms with van der Waals surface area (Å²) < 4.78 is 0. The third-order valence-corrected chi connectivity index (χ3v) is 4.89. The fraction of sp³-hybridized carbons (Fsp3) is 0.318. The van der Waals surface area contributed by atoms with Crippen molar-refractivity contribution in [1.82, 2.24) is 20.3 Å². The van der Waals surface area contributed by atoms with Gasteiger partial charge in [-0.3, -0.25) is 4.98 Å². The molecule has 0 spiro atoms. The second kappa shape index (κ2) is 8.35. The zero-order chi connectivity index (χ0) is 19.3. The van der Waals surface area contributed by atoms with Gasteiger partial charge in [-0.1, -0.05) is 12.1 Å². The SMILES string of the molecule is Cc1cc(Nc2ccc(-c3ccncc3)cc2)nc(N2CCCNC(C)C2)n1. The van der Waals surface area contributed by atoms with Crippen LogP contribution >= 0.6 is 0 Å². The van der Waals surface area contributed by atoms with Gasteiger partial charge in [0.25, 0.3) is 0 Å². The molecule has 1 aliphatic rings. The molecule has 3 heterocycles. The fourth-order valence-corrected chi connectivity index (χ4v) is 3.48. The number of nitrogens with one attached hydrogen (secondary N) is 2. The highest BCUT2D eigenvalue weighted by Crippen LogP contribution is 2.23. The van der Waals surface area contributed by atoms with E-state index < -0.39 is 0 Å². The van der Waals surface area contributed by atoms with E-state index >= 15 is 0 Å². The van der Waals surface area contributed by atoms with Gasteiger partial charge in [-0.25, -0.2) is 4.98 Å². The maximum absolute atomic E-state index is 4.78. The van der Waals surface area contributed by atoms with Crippen LogP contribution in [0.15, 0.2) is 54.9 Å². The number of hydrogen-bond acceptors (Lipinski definition) is 6. The molecule has 1 aromatic carbocycles. The van der Waals surface area contributed by atoms with Crippen molar-refractivity contribution < 1.29 is 0 Å².